The van der Waals surface area contributed by atoms with Crippen LogP contribution in [0.3, 0.4) is 0 Å². The van der Waals surface area contributed by atoms with Crippen LogP contribution in [0.15, 0.2) is 42.5 Å². The molecule has 1 N–H and O–H groups in total. The van der Waals surface area contributed by atoms with Gasteiger partial charge in [0.05, 0.1) is 11.9 Å². The van der Waals surface area contributed by atoms with Crippen molar-refractivity contribution in [3.8, 4) is 11.5 Å². The lowest BCUT2D eigenvalue weighted by molar-refractivity contribution is -0.121. The van der Waals surface area contributed by atoms with E-state index < -0.39 is 10.0 Å². The summed E-state index contributed by atoms with van der Waals surface area (Å²) in [7, 11) is -3.49. The zero-order chi connectivity index (χ0) is 22.3. The Hall–Kier alpha value is -2.74. The summed E-state index contributed by atoms with van der Waals surface area (Å²) >= 11 is 0. The number of aryl methyl sites for hydroxylation is 2. The smallest absolute Gasteiger partial charge is 0.232 e. The van der Waals surface area contributed by atoms with Crippen molar-refractivity contribution >= 4 is 21.6 Å². The summed E-state index contributed by atoms with van der Waals surface area (Å²) in [6.07, 6.45) is 3.62. The van der Waals surface area contributed by atoms with E-state index in [0.717, 1.165) is 19.1 Å². The summed E-state index contributed by atoms with van der Waals surface area (Å²) in [6.45, 7) is 3.78. The second kappa shape index (κ2) is 10.5. The van der Waals surface area contributed by atoms with Gasteiger partial charge in [0.15, 0.2) is 11.5 Å². The minimum absolute atomic E-state index is 0.0699. The summed E-state index contributed by atoms with van der Waals surface area (Å²) in [5.74, 6) is 1.07. The second-order valence-electron chi connectivity index (χ2n) is 7.71. The Kier molecular flexibility index (Phi) is 7.79. The highest BCUT2D eigenvalue weighted by molar-refractivity contribution is 7.92. The summed E-state index contributed by atoms with van der Waals surface area (Å²) in [5, 5.41) is 2.91. The van der Waals surface area contributed by atoms with E-state index >= 15 is 0 Å². The monoisotopic (exact) mass is 446 g/mol. The number of ether oxygens (including phenoxy) is 2. The quantitative estimate of drug-likeness (QED) is 0.567. The third-order valence-electron chi connectivity index (χ3n) is 5.06. The van der Waals surface area contributed by atoms with Gasteiger partial charge < -0.3 is 14.8 Å². The van der Waals surface area contributed by atoms with Gasteiger partial charge >= 0.3 is 0 Å². The topological polar surface area (TPSA) is 84.9 Å². The molecule has 1 heterocycles. The van der Waals surface area contributed by atoms with Gasteiger partial charge in [-0.3, -0.25) is 9.10 Å². The molecule has 0 aromatic heterocycles. The maximum absolute atomic E-state index is 12.3. The zero-order valence-corrected chi connectivity index (χ0v) is 18.9. The molecule has 2 aromatic rings. The van der Waals surface area contributed by atoms with E-state index in [4.69, 9.17) is 9.47 Å². The number of sulfonamides is 1. The lowest BCUT2D eigenvalue weighted by Gasteiger charge is -2.25. The third-order valence-corrected chi connectivity index (χ3v) is 6.26. The average Bonchev–Trinajstić information content (AvgIpc) is 2.74. The van der Waals surface area contributed by atoms with Crippen molar-refractivity contribution in [2.45, 2.75) is 32.6 Å². The minimum atomic E-state index is -3.49. The number of hydrogen-bond acceptors (Lipinski definition) is 5. The Balaban J connectivity index is 1.45. The fourth-order valence-electron chi connectivity index (χ4n) is 3.42. The molecule has 31 heavy (non-hydrogen) atoms. The molecule has 0 saturated carbocycles. The zero-order valence-electron chi connectivity index (χ0n) is 18.1. The largest absolute Gasteiger partial charge is 0.486 e. The molecule has 0 aliphatic carbocycles. The third kappa shape index (κ3) is 6.89. The fourth-order valence-corrected chi connectivity index (χ4v) is 4.38. The number of nitrogens with one attached hydrogen (secondary N) is 1. The molecule has 0 atom stereocenters. The normalized spacial score (nSPS) is 13.0. The Morgan fingerprint density at radius 2 is 1.74 bits per heavy atom. The molecule has 168 valence electrons. The van der Waals surface area contributed by atoms with Gasteiger partial charge in [-0.1, -0.05) is 29.8 Å². The van der Waals surface area contributed by atoms with Gasteiger partial charge in [0.2, 0.25) is 15.9 Å². The first kappa shape index (κ1) is 22.9. The van der Waals surface area contributed by atoms with E-state index in [1.54, 1.807) is 18.2 Å². The van der Waals surface area contributed by atoms with E-state index in [0.29, 0.717) is 43.4 Å². The molecule has 0 bridgehead atoms. The highest BCUT2D eigenvalue weighted by atomic mass is 32.2. The number of carbonyl (C=O) groups is 1. The van der Waals surface area contributed by atoms with Crippen LogP contribution >= 0.6 is 0 Å². The van der Waals surface area contributed by atoms with Crippen LogP contribution in [0, 0.1) is 6.92 Å². The van der Waals surface area contributed by atoms with E-state index in [-0.39, 0.29) is 18.9 Å². The highest BCUT2D eigenvalue weighted by Gasteiger charge is 2.21. The molecule has 0 unspecified atom stereocenters. The maximum Gasteiger partial charge on any atom is 0.232 e. The molecular weight excluding hydrogens is 416 g/mol. The van der Waals surface area contributed by atoms with Gasteiger partial charge in [-0.15, -0.1) is 0 Å². The van der Waals surface area contributed by atoms with Crippen LogP contribution in [0.1, 0.15) is 30.4 Å². The summed E-state index contributed by atoms with van der Waals surface area (Å²) in [5.41, 5.74) is 2.99. The first-order valence-electron chi connectivity index (χ1n) is 10.5. The van der Waals surface area contributed by atoms with Crippen molar-refractivity contribution in [2.24, 2.45) is 0 Å². The van der Waals surface area contributed by atoms with E-state index in [2.05, 4.69) is 36.5 Å². The van der Waals surface area contributed by atoms with Crippen molar-refractivity contribution in [1.29, 1.82) is 0 Å². The summed E-state index contributed by atoms with van der Waals surface area (Å²) in [6, 6.07) is 13.5. The molecule has 7 nitrogen and oxygen atoms in total. The van der Waals surface area contributed by atoms with Crippen molar-refractivity contribution in [3.63, 3.8) is 0 Å². The first-order chi connectivity index (χ1) is 14.8. The van der Waals surface area contributed by atoms with E-state index in [9.17, 15) is 13.2 Å². The van der Waals surface area contributed by atoms with Crippen molar-refractivity contribution in [2.75, 3.05) is 36.9 Å². The molecule has 0 spiro atoms. The highest BCUT2D eigenvalue weighted by Crippen LogP contribution is 2.34. The SMILES string of the molecule is Cc1ccc(CCCNC(=O)CCCN(c2ccc3c(c2)OCCO3)S(C)(=O)=O)cc1. The van der Waals surface area contributed by atoms with Crippen LogP contribution in [0.2, 0.25) is 0 Å². The molecule has 2 aromatic carbocycles. The maximum atomic E-state index is 12.3. The predicted octanol–water partition coefficient (Wildman–Crippen LogP) is 3.06. The predicted molar refractivity (Wildman–Crippen MR) is 121 cm³/mol. The minimum Gasteiger partial charge on any atom is -0.486 e. The van der Waals surface area contributed by atoms with Crippen molar-refractivity contribution < 1.29 is 22.7 Å². The fraction of sp³-hybridized carbons (Fsp3) is 0.435. The lowest BCUT2D eigenvalue weighted by Crippen LogP contribution is -2.32. The van der Waals surface area contributed by atoms with Crippen LogP contribution in [-0.2, 0) is 21.2 Å². The second-order valence-corrected chi connectivity index (χ2v) is 9.61. The number of nitrogens with zero attached hydrogens (tertiary/aromatic N) is 1. The van der Waals surface area contributed by atoms with Gasteiger partial charge in [-0.25, -0.2) is 8.42 Å². The number of carbonyl (C=O) groups excluding carboxylic acids is 1. The Morgan fingerprint density at radius 1 is 1.03 bits per heavy atom. The molecule has 3 rings (SSSR count). The van der Waals surface area contributed by atoms with Crippen LogP contribution in [0.4, 0.5) is 5.69 Å². The number of amides is 1. The number of rotatable bonds is 10. The molecular formula is C23H30N2O5S. The Labute approximate surface area is 184 Å². The van der Waals surface area contributed by atoms with E-state index in [1.807, 2.05) is 0 Å². The number of fused-ring (bicyclic) bond motifs is 1. The summed E-state index contributed by atoms with van der Waals surface area (Å²) in [4.78, 5) is 12.1. The van der Waals surface area contributed by atoms with Gasteiger partial charge in [0.1, 0.15) is 13.2 Å². The Morgan fingerprint density at radius 3 is 2.45 bits per heavy atom. The van der Waals surface area contributed by atoms with Gasteiger partial charge in [0, 0.05) is 25.6 Å². The first-order valence-corrected chi connectivity index (χ1v) is 12.4. The summed E-state index contributed by atoms with van der Waals surface area (Å²) < 4.78 is 36.9. The van der Waals surface area contributed by atoms with Gasteiger partial charge in [-0.05, 0) is 43.9 Å². The average molecular weight is 447 g/mol. The standard InChI is InChI=1S/C23H30N2O5S/c1-18-7-9-19(10-8-18)5-3-13-24-23(26)6-4-14-25(31(2,27)28)20-11-12-21-22(17-20)30-16-15-29-21/h7-12,17H,3-6,13-16H2,1-2H3,(H,24,26). The molecule has 8 heteroatoms. The van der Waals surface area contributed by atoms with Crippen molar-refractivity contribution in [1.82, 2.24) is 5.32 Å². The van der Waals surface area contributed by atoms with Crippen LogP contribution < -0.4 is 19.1 Å². The lowest BCUT2D eigenvalue weighted by atomic mass is 10.1. The van der Waals surface area contributed by atoms with E-state index in [1.165, 1.54) is 15.4 Å². The number of anilines is 1. The van der Waals surface area contributed by atoms with Crippen LogP contribution in [0.25, 0.3) is 0 Å². The molecule has 0 radical (unpaired) electrons. The molecule has 1 amide bonds. The van der Waals surface area contributed by atoms with Gasteiger partial charge in [0.25, 0.3) is 0 Å². The van der Waals surface area contributed by atoms with Crippen LogP contribution in [0.5, 0.6) is 11.5 Å². The molecule has 0 saturated heterocycles. The van der Waals surface area contributed by atoms with Crippen molar-refractivity contribution in [3.05, 3.63) is 53.6 Å². The Bertz CT molecular complexity index is 990. The molecule has 0 fully saturated rings. The van der Waals surface area contributed by atoms with Crippen LogP contribution in [-0.4, -0.2) is 46.9 Å². The number of benzene rings is 2. The van der Waals surface area contributed by atoms with Gasteiger partial charge in [-0.2, -0.15) is 0 Å². The molecule has 1 aliphatic rings. The molecule has 1 aliphatic heterocycles. The number of hydrogen-bond donors (Lipinski definition) is 1.